The quantitative estimate of drug-likeness (QED) is 0.697. The highest BCUT2D eigenvalue weighted by Gasteiger charge is 2.16. The second-order valence-corrected chi connectivity index (χ2v) is 8.40. The Labute approximate surface area is 163 Å². The van der Waals surface area contributed by atoms with Crippen LogP contribution in [0.2, 0.25) is 0 Å². The zero-order valence-electron chi connectivity index (χ0n) is 15.8. The van der Waals surface area contributed by atoms with Gasteiger partial charge in [-0.15, -0.1) is 0 Å². The average molecular weight is 412 g/mol. The van der Waals surface area contributed by atoms with E-state index in [0.717, 1.165) is 18.2 Å². The van der Waals surface area contributed by atoms with Gasteiger partial charge in [0.25, 0.3) is 5.91 Å². The van der Waals surface area contributed by atoms with Crippen LogP contribution in [0.3, 0.4) is 0 Å². The standard InChI is InChI=1S/C19H22F2N2O4S/c1-12(2)10-22-28(25,26)15-5-7-18(13(3)8-15)27-11-19(24)23-17-9-14(20)4-6-16(17)21/h4-9,12,22H,10-11H2,1-3H3,(H,23,24). The van der Waals surface area contributed by atoms with Crippen molar-refractivity contribution in [3.8, 4) is 5.75 Å². The maximum absolute atomic E-state index is 13.5. The summed E-state index contributed by atoms with van der Waals surface area (Å²) in [6, 6.07) is 6.95. The van der Waals surface area contributed by atoms with Crippen LogP contribution < -0.4 is 14.8 Å². The lowest BCUT2D eigenvalue weighted by Gasteiger charge is -2.13. The molecule has 1 amide bonds. The Morgan fingerprint density at radius 2 is 1.86 bits per heavy atom. The molecule has 0 aromatic heterocycles. The Balaban J connectivity index is 2.01. The van der Waals surface area contributed by atoms with Gasteiger partial charge in [0.2, 0.25) is 10.0 Å². The first-order valence-corrected chi connectivity index (χ1v) is 10.0. The highest BCUT2D eigenvalue weighted by molar-refractivity contribution is 7.89. The van der Waals surface area contributed by atoms with E-state index >= 15 is 0 Å². The van der Waals surface area contributed by atoms with Crippen LogP contribution in [-0.4, -0.2) is 27.5 Å². The summed E-state index contributed by atoms with van der Waals surface area (Å²) in [4.78, 5) is 12.0. The number of nitrogens with one attached hydrogen (secondary N) is 2. The summed E-state index contributed by atoms with van der Waals surface area (Å²) in [6.07, 6.45) is 0. The van der Waals surface area contributed by atoms with Crippen molar-refractivity contribution in [3.05, 3.63) is 53.6 Å². The number of rotatable bonds is 8. The molecule has 0 radical (unpaired) electrons. The van der Waals surface area contributed by atoms with E-state index in [1.807, 2.05) is 13.8 Å². The summed E-state index contributed by atoms with van der Waals surface area (Å²) in [5.41, 5.74) is 0.222. The molecule has 0 aliphatic rings. The number of anilines is 1. The molecule has 6 nitrogen and oxygen atoms in total. The molecule has 0 atom stereocenters. The third-order valence-corrected chi connectivity index (χ3v) is 5.12. The summed E-state index contributed by atoms with van der Waals surface area (Å²) in [5, 5.41) is 2.22. The van der Waals surface area contributed by atoms with Crippen LogP contribution in [-0.2, 0) is 14.8 Å². The van der Waals surface area contributed by atoms with Gasteiger partial charge in [0.05, 0.1) is 10.6 Å². The van der Waals surface area contributed by atoms with Gasteiger partial charge >= 0.3 is 0 Å². The van der Waals surface area contributed by atoms with Crippen molar-refractivity contribution in [3.63, 3.8) is 0 Å². The number of sulfonamides is 1. The van der Waals surface area contributed by atoms with Crippen molar-refractivity contribution < 1.29 is 26.7 Å². The molecule has 28 heavy (non-hydrogen) atoms. The molecule has 2 aromatic rings. The van der Waals surface area contributed by atoms with Crippen LogP contribution >= 0.6 is 0 Å². The molecule has 0 heterocycles. The van der Waals surface area contributed by atoms with Crippen molar-refractivity contribution in [2.24, 2.45) is 5.92 Å². The number of halogens is 2. The number of hydrogen-bond donors (Lipinski definition) is 2. The Hall–Kier alpha value is -2.52. The van der Waals surface area contributed by atoms with E-state index < -0.39 is 34.2 Å². The molecule has 0 aliphatic carbocycles. The molecule has 152 valence electrons. The van der Waals surface area contributed by atoms with Crippen molar-refractivity contribution in [2.45, 2.75) is 25.7 Å². The van der Waals surface area contributed by atoms with Gasteiger partial charge in [0.15, 0.2) is 6.61 Å². The topological polar surface area (TPSA) is 84.5 Å². The van der Waals surface area contributed by atoms with Gasteiger partial charge in [0.1, 0.15) is 17.4 Å². The number of carbonyl (C=O) groups excluding carboxylic acids is 1. The molecule has 2 rings (SSSR count). The number of ether oxygens (including phenoxy) is 1. The van der Waals surface area contributed by atoms with Crippen LogP contribution in [0.5, 0.6) is 5.75 Å². The Morgan fingerprint density at radius 1 is 1.14 bits per heavy atom. The second kappa shape index (κ2) is 9.11. The molecule has 2 N–H and O–H groups in total. The molecule has 9 heteroatoms. The highest BCUT2D eigenvalue weighted by atomic mass is 32.2. The third kappa shape index (κ3) is 6.00. The van der Waals surface area contributed by atoms with E-state index in [-0.39, 0.29) is 16.5 Å². The molecular formula is C19H22F2N2O4S. The number of hydrogen-bond acceptors (Lipinski definition) is 4. The van der Waals surface area contributed by atoms with Gasteiger partial charge in [-0.05, 0) is 48.7 Å². The minimum absolute atomic E-state index is 0.0873. The van der Waals surface area contributed by atoms with Crippen molar-refractivity contribution in [1.82, 2.24) is 4.72 Å². The molecule has 2 aromatic carbocycles. The fourth-order valence-electron chi connectivity index (χ4n) is 2.23. The first-order valence-electron chi connectivity index (χ1n) is 8.56. The highest BCUT2D eigenvalue weighted by Crippen LogP contribution is 2.22. The average Bonchev–Trinajstić information content (AvgIpc) is 2.62. The number of carbonyl (C=O) groups is 1. The lowest BCUT2D eigenvalue weighted by atomic mass is 10.2. The van der Waals surface area contributed by atoms with Gasteiger partial charge in [-0.1, -0.05) is 13.8 Å². The molecule has 0 fully saturated rings. The Kier molecular flexibility index (Phi) is 7.09. The first kappa shape index (κ1) is 21.8. The van der Waals surface area contributed by atoms with Crippen molar-refractivity contribution >= 4 is 21.6 Å². The molecule has 0 saturated carbocycles. The summed E-state index contributed by atoms with van der Waals surface area (Å²) in [7, 11) is -3.64. The van der Waals surface area contributed by atoms with E-state index in [2.05, 4.69) is 10.0 Å². The van der Waals surface area contributed by atoms with Crippen LogP contribution in [0.4, 0.5) is 14.5 Å². The van der Waals surface area contributed by atoms with Crippen LogP contribution in [0.1, 0.15) is 19.4 Å². The van der Waals surface area contributed by atoms with E-state index in [1.165, 1.54) is 18.2 Å². The lowest BCUT2D eigenvalue weighted by molar-refractivity contribution is -0.118. The maximum Gasteiger partial charge on any atom is 0.262 e. The molecule has 0 unspecified atom stereocenters. The van der Waals surface area contributed by atoms with Gasteiger partial charge in [-0.25, -0.2) is 21.9 Å². The number of benzene rings is 2. The largest absolute Gasteiger partial charge is 0.483 e. The lowest BCUT2D eigenvalue weighted by Crippen LogP contribution is -2.27. The summed E-state index contributed by atoms with van der Waals surface area (Å²) >= 11 is 0. The molecule has 0 spiro atoms. The molecule has 0 bridgehead atoms. The monoisotopic (exact) mass is 412 g/mol. The summed E-state index contributed by atoms with van der Waals surface area (Å²) < 4.78 is 59.0. The third-order valence-electron chi connectivity index (χ3n) is 3.70. The maximum atomic E-state index is 13.5. The van der Waals surface area contributed by atoms with Crippen LogP contribution in [0.15, 0.2) is 41.3 Å². The molecule has 0 aliphatic heterocycles. The Bertz CT molecular complexity index is 962. The van der Waals surface area contributed by atoms with E-state index in [4.69, 9.17) is 4.74 Å². The zero-order valence-corrected chi connectivity index (χ0v) is 16.6. The number of aryl methyl sites for hydroxylation is 1. The van der Waals surface area contributed by atoms with Gasteiger partial charge in [-0.3, -0.25) is 4.79 Å². The Morgan fingerprint density at radius 3 is 2.50 bits per heavy atom. The van der Waals surface area contributed by atoms with Crippen molar-refractivity contribution in [1.29, 1.82) is 0 Å². The van der Waals surface area contributed by atoms with E-state index in [0.29, 0.717) is 17.9 Å². The van der Waals surface area contributed by atoms with Gasteiger partial charge in [-0.2, -0.15) is 0 Å². The summed E-state index contributed by atoms with van der Waals surface area (Å²) in [5.74, 6) is -1.66. The minimum Gasteiger partial charge on any atom is -0.483 e. The van der Waals surface area contributed by atoms with Crippen LogP contribution in [0.25, 0.3) is 0 Å². The van der Waals surface area contributed by atoms with E-state index in [1.54, 1.807) is 6.92 Å². The fraction of sp³-hybridized carbons (Fsp3) is 0.316. The van der Waals surface area contributed by atoms with Gasteiger partial charge < -0.3 is 10.1 Å². The first-order chi connectivity index (χ1) is 13.1. The summed E-state index contributed by atoms with van der Waals surface area (Å²) in [6.45, 7) is 5.29. The predicted octanol–water partition coefficient (Wildman–Crippen LogP) is 3.23. The minimum atomic E-state index is -3.64. The van der Waals surface area contributed by atoms with Crippen molar-refractivity contribution in [2.75, 3.05) is 18.5 Å². The molecule has 0 saturated heterocycles. The second-order valence-electron chi connectivity index (χ2n) is 6.63. The SMILES string of the molecule is Cc1cc(S(=O)(=O)NCC(C)C)ccc1OCC(=O)Nc1cc(F)ccc1F. The number of amides is 1. The predicted molar refractivity (Wildman–Crippen MR) is 102 cm³/mol. The van der Waals surface area contributed by atoms with E-state index in [9.17, 15) is 22.0 Å². The smallest absolute Gasteiger partial charge is 0.262 e. The fourth-order valence-corrected chi connectivity index (χ4v) is 3.53. The van der Waals surface area contributed by atoms with Gasteiger partial charge in [0, 0.05) is 12.6 Å². The molecular weight excluding hydrogens is 390 g/mol. The normalized spacial score (nSPS) is 11.5. The van der Waals surface area contributed by atoms with Crippen LogP contribution in [0, 0.1) is 24.5 Å². The zero-order chi connectivity index (χ0) is 20.9.